The van der Waals surface area contributed by atoms with Crippen molar-refractivity contribution in [3.63, 3.8) is 0 Å². The molecule has 0 aliphatic heterocycles. The number of rotatable bonds is 8. The van der Waals surface area contributed by atoms with Gasteiger partial charge in [0.2, 0.25) is 5.91 Å². The summed E-state index contributed by atoms with van der Waals surface area (Å²) >= 11 is 8.68. The maximum absolute atomic E-state index is 12.5. The fourth-order valence-electron chi connectivity index (χ4n) is 2.48. The first kappa shape index (κ1) is 23.8. The highest BCUT2D eigenvalue weighted by molar-refractivity contribution is 9.10. The molecule has 6 nitrogen and oxygen atoms in total. The molecule has 0 heterocycles. The van der Waals surface area contributed by atoms with Gasteiger partial charge in [-0.25, -0.2) is 0 Å². The lowest BCUT2D eigenvalue weighted by Gasteiger charge is -2.13. The zero-order chi connectivity index (χ0) is 22.1. The lowest BCUT2D eigenvalue weighted by atomic mass is 10.2. The smallest absolute Gasteiger partial charge is 0.257 e. The highest BCUT2D eigenvalue weighted by atomic mass is 79.9. The summed E-state index contributed by atoms with van der Waals surface area (Å²) in [5.74, 6) is 0.706. The number of thiocarbonyl (C=S) groups is 1. The van der Waals surface area contributed by atoms with Gasteiger partial charge in [-0.05, 0) is 76.9 Å². The van der Waals surface area contributed by atoms with Crippen molar-refractivity contribution >= 4 is 56.4 Å². The first-order valence-corrected chi connectivity index (χ1v) is 10.9. The Kier molecular flexibility index (Phi) is 9.26. The normalized spacial score (nSPS) is 10.4. The Bertz CT molecular complexity index is 918. The molecule has 0 spiro atoms. The van der Waals surface area contributed by atoms with Crippen molar-refractivity contribution in [1.29, 1.82) is 0 Å². The third-order valence-electron chi connectivity index (χ3n) is 3.87. The van der Waals surface area contributed by atoms with Crippen LogP contribution in [0.4, 0.5) is 11.4 Å². The number of anilines is 2. The van der Waals surface area contributed by atoms with Crippen LogP contribution in [0.25, 0.3) is 0 Å². The summed E-state index contributed by atoms with van der Waals surface area (Å²) in [6.45, 7) is 6.68. The third kappa shape index (κ3) is 7.76. The highest BCUT2D eigenvalue weighted by Crippen LogP contribution is 2.26. The van der Waals surface area contributed by atoms with Crippen LogP contribution in [0.15, 0.2) is 46.9 Å². The topological polar surface area (TPSA) is 79.5 Å². The number of amides is 2. The van der Waals surface area contributed by atoms with Gasteiger partial charge in [-0.3, -0.25) is 14.9 Å². The number of carbonyl (C=O) groups excluding carboxylic acids is 2. The SMILES string of the molecule is CCCC(=O)Nc1cccc(NC(=S)NC(=O)c2ccc(OCC(C)C)c(Br)c2)c1. The van der Waals surface area contributed by atoms with E-state index in [0.29, 0.717) is 46.1 Å². The van der Waals surface area contributed by atoms with Gasteiger partial charge < -0.3 is 15.4 Å². The van der Waals surface area contributed by atoms with Crippen LogP contribution in [0, 0.1) is 5.92 Å². The number of benzene rings is 2. The van der Waals surface area contributed by atoms with Gasteiger partial charge in [0.25, 0.3) is 5.91 Å². The van der Waals surface area contributed by atoms with Gasteiger partial charge in [-0.1, -0.05) is 26.8 Å². The fourth-order valence-corrected chi connectivity index (χ4v) is 3.18. The molecule has 0 saturated carbocycles. The summed E-state index contributed by atoms with van der Waals surface area (Å²) in [5, 5.41) is 8.60. The fraction of sp³-hybridized carbons (Fsp3) is 0.318. The second kappa shape index (κ2) is 11.7. The highest BCUT2D eigenvalue weighted by Gasteiger charge is 2.12. The summed E-state index contributed by atoms with van der Waals surface area (Å²) in [4.78, 5) is 24.2. The Balaban J connectivity index is 1.95. The van der Waals surface area contributed by atoms with Gasteiger partial charge >= 0.3 is 0 Å². The molecular weight excluding hydrogens is 466 g/mol. The molecule has 0 aromatic heterocycles. The van der Waals surface area contributed by atoms with Crippen molar-refractivity contribution in [3.8, 4) is 5.75 Å². The molecular formula is C22H26BrN3O3S. The largest absolute Gasteiger partial charge is 0.492 e. The zero-order valence-corrected chi connectivity index (χ0v) is 19.7. The number of halogens is 1. The van der Waals surface area contributed by atoms with Gasteiger partial charge in [0.1, 0.15) is 5.75 Å². The van der Waals surface area contributed by atoms with Crippen LogP contribution >= 0.6 is 28.1 Å². The average Bonchev–Trinajstić information content (AvgIpc) is 2.67. The molecule has 0 atom stereocenters. The first-order chi connectivity index (χ1) is 14.3. The van der Waals surface area contributed by atoms with Crippen LogP contribution in [-0.4, -0.2) is 23.5 Å². The molecule has 0 aliphatic rings. The van der Waals surface area contributed by atoms with Crippen LogP contribution in [0.2, 0.25) is 0 Å². The molecule has 0 unspecified atom stereocenters. The van der Waals surface area contributed by atoms with E-state index in [4.69, 9.17) is 17.0 Å². The molecule has 2 aromatic carbocycles. The van der Waals surface area contributed by atoms with Crippen molar-refractivity contribution in [3.05, 3.63) is 52.5 Å². The van der Waals surface area contributed by atoms with Crippen LogP contribution in [0.1, 0.15) is 44.0 Å². The van der Waals surface area contributed by atoms with Crippen LogP contribution in [0.3, 0.4) is 0 Å². The summed E-state index contributed by atoms with van der Waals surface area (Å²) in [6, 6.07) is 12.3. The molecule has 0 saturated heterocycles. The number of nitrogens with one attached hydrogen (secondary N) is 3. The van der Waals surface area contributed by atoms with Gasteiger partial charge in [-0.2, -0.15) is 0 Å². The average molecular weight is 492 g/mol. The van der Waals surface area contributed by atoms with Crippen molar-refractivity contribution < 1.29 is 14.3 Å². The summed E-state index contributed by atoms with van der Waals surface area (Å²) < 4.78 is 6.40. The Morgan fingerprint density at radius 1 is 1.10 bits per heavy atom. The lowest BCUT2D eigenvalue weighted by molar-refractivity contribution is -0.116. The molecule has 0 bridgehead atoms. The van der Waals surface area contributed by atoms with Gasteiger partial charge in [-0.15, -0.1) is 0 Å². The van der Waals surface area contributed by atoms with E-state index in [-0.39, 0.29) is 16.9 Å². The Hall–Kier alpha value is -2.45. The van der Waals surface area contributed by atoms with E-state index in [0.717, 1.165) is 6.42 Å². The second-order valence-electron chi connectivity index (χ2n) is 7.14. The van der Waals surface area contributed by atoms with E-state index in [1.54, 1.807) is 42.5 Å². The van der Waals surface area contributed by atoms with Gasteiger partial charge in [0.15, 0.2) is 5.11 Å². The quantitative estimate of drug-likeness (QED) is 0.433. The number of carbonyl (C=O) groups is 2. The predicted molar refractivity (Wildman–Crippen MR) is 128 cm³/mol. The third-order valence-corrected chi connectivity index (χ3v) is 4.70. The minimum absolute atomic E-state index is 0.0445. The van der Waals surface area contributed by atoms with E-state index in [1.807, 2.05) is 6.92 Å². The van der Waals surface area contributed by atoms with E-state index >= 15 is 0 Å². The van der Waals surface area contributed by atoms with Crippen molar-refractivity contribution in [1.82, 2.24) is 5.32 Å². The Labute approximate surface area is 190 Å². The van der Waals surface area contributed by atoms with Crippen molar-refractivity contribution in [2.24, 2.45) is 5.92 Å². The second-order valence-corrected chi connectivity index (χ2v) is 8.40. The molecule has 2 amide bonds. The monoisotopic (exact) mass is 491 g/mol. The van der Waals surface area contributed by atoms with Gasteiger partial charge in [0, 0.05) is 23.4 Å². The molecule has 0 fully saturated rings. The van der Waals surface area contributed by atoms with E-state index in [1.165, 1.54) is 0 Å². The molecule has 30 heavy (non-hydrogen) atoms. The molecule has 8 heteroatoms. The van der Waals surface area contributed by atoms with E-state index in [2.05, 4.69) is 45.7 Å². The number of ether oxygens (including phenoxy) is 1. The number of hydrogen-bond acceptors (Lipinski definition) is 4. The Morgan fingerprint density at radius 3 is 2.43 bits per heavy atom. The van der Waals surface area contributed by atoms with E-state index < -0.39 is 0 Å². The zero-order valence-electron chi connectivity index (χ0n) is 17.3. The van der Waals surface area contributed by atoms with Crippen LogP contribution < -0.4 is 20.7 Å². The van der Waals surface area contributed by atoms with Gasteiger partial charge in [0.05, 0.1) is 11.1 Å². The minimum Gasteiger partial charge on any atom is -0.492 e. The first-order valence-electron chi connectivity index (χ1n) is 9.73. The molecule has 2 aromatic rings. The van der Waals surface area contributed by atoms with Crippen molar-refractivity contribution in [2.75, 3.05) is 17.2 Å². The van der Waals surface area contributed by atoms with Crippen LogP contribution in [-0.2, 0) is 4.79 Å². The number of hydrogen-bond donors (Lipinski definition) is 3. The van der Waals surface area contributed by atoms with Crippen LogP contribution in [0.5, 0.6) is 5.75 Å². The molecule has 2 rings (SSSR count). The Morgan fingerprint density at radius 2 is 1.80 bits per heavy atom. The minimum atomic E-state index is -0.337. The molecule has 160 valence electrons. The summed E-state index contributed by atoms with van der Waals surface area (Å²) in [7, 11) is 0. The van der Waals surface area contributed by atoms with E-state index in [9.17, 15) is 9.59 Å². The standard InChI is InChI=1S/C22H26BrN3O3S/c1-4-6-20(27)24-16-7-5-8-17(12-16)25-22(30)26-21(28)15-9-10-19(18(23)11-15)29-13-14(2)3/h5,7-12,14H,4,6,13H2,1-3H3,(H,24,27)(H2,25,26,28,30). The summed E-state index contributed by atoms with van der Waals surface area (Å²) in [5.41, 5.74) is 1.77. The summed E-state index contributed by atoms with van der Waals surface area (Å²) in [6.07, 6.45) is 1.24. The van der Waals surface area contributed by atoms with Crippen molar-refractivity contribution in [2.45, 2.75) is 33.6 Å². The molecule has 0 radical (unpaired) electrons. The maximum atomic E-state index is 12.5. The maximum Gasteiger partial charge on any atom is 0.257 e. The lowest BCUT2D eigenvalue weighted by Crippen LogP contribution is -2.34. The molecule has 0 aliphatic carbocycles. The predicted octanol–water partition coefficient (Wildman–Crippen LogP) is 5.35. The molecule has 3 N–H and O–H groups in total.